The zero-order chi connectivity index (χ0) is 9.97. The van der Waals surface area contributed by atoms with Gasteiger partial charge in [-0.25, -0.2) is 0 Å². The molecule has 0 unspecified atom stereocenters. The standard InChI is InChI=1S/C11H12O3/c1-2-3-10(12)8-4-5-11-9(6-8)7-13-14-11/h4-6H,2-3,7H2,1H3. The molecule has 0 saturated heterocycles. The van der Waals surface area contributed by atoms with Gasteiger partial charge in [0.2, 0.25) is 0 Å². The Morgan fingerprint density at radius 3 is 3.14 bits per heavy atom. The van der Waals surface area contributed by atoms with Crippen molar-refractivity contribution < 1.29 is 14.6 Å². The molecule has 0 bridgehead atoms. The number of fused-ring (bicyclic) bond motifs is 1. The Hall–Kier alpha value is -1.35. The van der Waals surface area contributed by atoms with Crippen molar-refractivity contribution in [3.8, 4) is 5.75 Å². The highest BCUT2D eigenvalue weighted by Gasteiger charge is 2.15. The summed E-state index contributed by atoms with van der Waals surface area (Å²) in [5, 5.41) is 0. The summed E-state index contributed by atoms with van der Waals surface area (Å²) >= 11 is 0. The third-order valence-corrected chi connectivity index (χ3v) is 2.22. The predicted molar refractivity (Wildman–Crippen MR) is 51.1 cm³/mol. The third-order valence-electron chi connectivity index (χ3n) is 2.22. The molecule has 3 heteroatoms. The minimum absolute atomic E-state index is 0.183. The van der Waals surface area contributed by atoms with Crippen molar-refractivity contribution in [3.05, 3.63) is 29.3 Å². The number of carbonyl (C=O) groups excluding carboxylic acids is 1. The van der Waals surface area contributed by atoms with Gasteiger partial charge in [-0.15, -0.1) is 0 Å². The van der Waals surface area contributed by atoms with Gasteiger partial charge in [0.25, 0.3) is 0 Å². The molecule has 0 spiro atoms. The summed E-state index contributed by atoms with van der Waals surface area (Å²) in [7, 11) is 0. The van der Waals surface area contributed by atoms with E-state index in [9.17, 15) is 4.79 Å². The molecule has 0 fully saturated rings. The molecule has 0 radical (unpaired) electrons. The molecule has 0 amide bonds. The molecule has 1 aromatic carbocycles. The average Bonchev–Trinajstić information content (AvgIpc) is 2.64. The van der Waals surface area contributed by atoms with Gasteiger partial charge in [0.05, 0.1) is 0 Å². The Morgan fingerprint density at radius 2 is 2.36 bits per heavy atom. The lowest BCUT2D eigenvalue weighted by Crippen LogP contribution is -1.98. The van der Waals surface area contributed by atoms with Crippen LogP contribution in [0.15, 0.2) is 18.2 Å². The molecule has 14 heavy (non-hydrogen) atoms. The third kappa shape index (κ3) is 1.63. The summed E-state index contributed by atoms with van der Waals surface area (Å²) in [4.78, 5) is 21.2. The van der Waals surface area contributed by atoms with Crippen molar-refractivity contribution in [1.82, 2.24) is 0 Å². The maximum Gasteiger partial charge on any atom is 0.171 e. The Balaban J connectivity index is 2.24. The van der Waals surface area contributed by atoms with Crippen LogP contribution in [0.5, 0.6) is 5.75 Å². The topological polar surface area (TPSA) is 35.5 Å². The second-order valence-electron chi connectivity index (χ2n) is 3.34. The zero-order valence-corrected chi connectivity index (χ0v) is 8.08. The number of carbonyl (C=O) groups is 1. The molecular formula is C11H12O3. The van der Waals surface area contributed by atoms with Crippen LogP contribution in [-0.2, 0) is 11.5 Å². The molecule has 3 nitrogen and oxygen atoms in total. The Morgan fingerprint density at radius 1 is 1.50 bits per heavy atom. The normalized spacial score (nSPS) is 13.5. The number of hydrogen-bond donors (Lipinski definition) is 0. The summed E-state index contributed by atoms with van der Waals surface area (Å²) in [6.45, 7) is 2.43. The van der Waals surface area contributed by atoms with E-state index >= 15 is 0 Å². The first-order valence-corrected chi connectivity index (χ1v) is 4.77. The van der Waals surface area contributed by atoms with E-state index in [4.69, 9.17) is 9.78 Å². The van der Waals surface area contributed by atoms with E-state index in [1.807, 2.05) is 13.0 Å². The van der Waals surface area contributed by atoms with Crippen molar-refractivity contribution >= 4 is 5.78 Å². The van der Waals surface area contributed by atoms with E-state index < -0.39 is 0 Å². The van der Waals surface area contributed by atoms with Gasteiger partial charge in [0.15, 0.2) is 11.5 Å². The number of hydrogen-bond acceptors (Lipinski definition) is 3. The van der Waals surface area contributed by atoms with Crippen LogP contribution >= 0.6 is 0 Å². The van der Waals surface area contributed by atoms with E-state index in [0.717, 1.165) is 23.3 Å². The van der Waals surface area contributed by atoms with Crippen molar-refractivity contribution in [2.45, 2.75) is 26.4 Å². The van der Waals surface area contributed by atoms with E-state index in [2.05, 4.69) is 0 Å². The van der Waals surface area contributed by atoms with Crippen molar-refractivity contribution in [1.29, 1.82) is 0 Å². The number of ketones is 1. The lowest BCUT2D eigenvalue weighted by molar-refractivity contribution is -0.194. The lowest BCUT2D eigenvalue weighted by atomic mass is 10.0. The van der Waals surface area contributed by atoms with Gasteiger partial charge < -0.3 is 4.89 Å². The number of benzene rings is 1. The van der Waals surface area contributed by atoms with E-state index in [0.29, 0.717) is 13.0 Å². The summed E-state index contributed by atoms with van der Waals surface area (Å²) < 4.78 is 0. The first-order valence-electron chi connectivity index (χ1n) is 4.77. The highest BCUT2D eigenvalue weighted by atomic mass is 17.2. The van der Waals surface area contributed by atoms with Gasteiger partial charge in [0.1, 0.15) is 6.61 Å². The van der Waals surface area contributed by atoms with Gasteiger partial charge in [-0.05, 0) is 24.6 Å². The van der Waals surface area contributed by atoms with Crippen LogP contribution in [0.4, 0.5) is 0 Å². The molecule has 0 aliphatic carbocycles. The Kier molecular flexibility index (Phi) is 2.50. The van der Waals surface area contributed by atoms with Crippen LogP contribution in [0.3, 0.4) is 0 Å². The Labute approximate surface area is 82.6 Å². The fraction of sp³-hybridized carbons (Fsp3) is 0.364. The maximum atomic E-state index is 11.6. The van der Waals surface area contributed by atoms with Crippen molar-refractivity contribution in [2.24, 2.45) is 0 Å². The molecule has 1 heterocycles. The largest absolute Gasteiger partial charge is 0.337 e. The molecule has 0 N–H and O–H groups in total. The predicted octanol–water partition coefficient (Wildman–Crippen LogP) is 2.49. The summed E-state index contributed by atoms with van der Waals surface area (Å²) in [6, 6.07) is 5.41. The molecule has 0 aromatic heterocycles. The molecule has 0 atom stereocenters. The van der Waals surface area contributed by atoms with Crippen molar-refractivity contribution in [3.63, 3.8) is 0 Å². The fourth-order valence-electron chi connectivity index (χ4n) is 1.47. The van der Waals surface area contributed by atoms with Crippen LogP contribution in [0.1, 0.15) is 35.7 Å². The van der Waals surface area contributed by atoms with Crippen LogP contribution in [0, 0.1) is 0 Å². The molecule has 2 rings (SSSR count). The number of Topliss-reactive ketones (excluding diaryl/α,β-unsaturated/α-hetero) is 1. The molecular weight excluding hydrogens is 180 g/mol. The summed E-state index contributed by atoms with van der Waals surface area (Å²) in [6.07, 6.45) is 1.48. The van der Waals surface area contributed by atoms with Gasteiger partial charge in [-0.2, -0.15) is 4.89 Å². The molecule has 74 valence electrons. The maximum absolute atomic E-state index is 11.6. The SMILES string of the molecule is CCCC(=O)c1ccc2c(c1)COO2. The lowest BCUT2D eigenvalue weighted by Gasteiger charge is -2.00. The summed E-state index contributed by atoms with van der Waals surface area (Å²) in [5.74, 6) is 0.903. The van der Waals surface area contributed by atoms with Gasteiger partial charge in [-0.1, -0.05) is 6.92 Å². The quantitative estimate of drug-likeness (QED) is 0.545. The van der Waals surface area contributed by atoms with Gasteiger partial charge in [-0.3, -0.25) is 4.79 Å². The highest BCUT2D eigenvalue weighted by molar-refractivity contribution is 5.96. The van der Waals surface area contributed by atoms with Crippen molar-refractivity contribution in [2.75, 3.05) is 0 Å². The monoisotopic (exact) mass is 192 g/mol. The fourth-order valence-corrected chi connectivity index (χ4v) is 1.47. The van der Waals surface area contributed by atoms with E-state index in [-0.39, 0.29) is 5.78 Å². The molecule has 1 aromatic rings. The first kappa shape index (κ1) is 9.21. The number of rotatable bonds is 3. The summed E-state index contributed by atoms with van der Waals surface area (Å²) in [5.41, 5.74) is 1.70. The second kappa shape index (κ2) is 3.80. The van der Waals surface area contributed by atoms with Gasteiger partial charge in [0, 0.05) is 17.5 Å². The molecule has 1 aliphatic rings. The zero-order valence-electron chi connectivity index (χ0n) is 8.08. The minimum atomic E-state index is 0.183. The van der Waals surface area contributed by atoms with E-state index in [1.54, 1.807) is 12.1 Å². The smallest absolute Gasteiger partial charge is 0.171 e. The Bertz CT molecular complexity index is 358. The van der Waals surface area contributed by atoms with Crippen LogP contribution < -0.4 is 4.89 Å². The highest BCUT2D eigenvalue weighted by Crippen LogP contribution is 2.27. The molecule has 0 saturated carbocycles. The van der Waals surface area contributed by atoms with Gasteiger partial charge >= 0.3 is 0 Å². The second-order valence-corrected chi connectivity index (χ2v) is 3.34. The average molecular weight is 192 g/mol. The minimum Gasteiger partial charge on any atom is -0.337 e. The van der Waals surface area contributed by atoms with Crippen LogP contribution in [0.25, 0.3) is 0 Å². The van der Waals surface area contributed by atoms with Crippen LogP contribution in [-0.4, -0.2) is 5.78 Å². The first-order chi connectivity index (χ1) is 6.81. The molecule has 1 aliphatic heterocycles. The van der Waals surface area contributed by atoms with Crippen LogP contribution in [0.2, 0.25) is 0 Å². The van der Waals surface area contributed by atoms with E-state index in [1.165, 1.54) is 0 Å².